The zero-order chi connectivity index (χ0) is 11.6. The number of rotatable bonds is 3. The average Bonchev–Trinajstić information content (AvgIpc) is 2.21. The molecule has 0 fully saturated rings. The van der Waals surface area contributed by atoms with Gasteiger partial charge in [0.05, 0.1) is 0 Å². The Hall–Kier alpha value is -0.700. The van der Waals surface area contributed by atoms with E-state index in [4.69, 9.17) is 0 Å². The molecule has 0 saturated heterocycles. The van der Waals surface area contributed by atoms with Crippen LogP contribution in [0, 0.1) is 18.6 Å². The van der Waals surface area contributed by atoms with Crippen LogP contribution in [0.2, 0.25) is 0 Å². The Morgan fingerprint density at radius 1 is 1.47 bits per heavy atom. The van der Waals surface area contributed by atoms with Crippen LogP contribution in [0.5, 0.6) is 0 Å². The van der Waals surface area contributed by atoms with Gasteiger partial charge >= 0.3 is 0 Å². The first-order chi connectivity index (χ1) is 7.02. The fourth-order valence-electron chi connectivity index (χ4n) is 1.47. The van der Waals surface area contributed by atoms with Crippen molar-refractivity contribution in [1.29, 1.82) is 0 Å². The maximum atomic E-state index is 13.8. The van der Waals surface area contributed by atoms with Crippen LogP contribution < -0.4 is 0 Å². The predicted molar refractivity (Wildman–Crippen MR) is 63.1 cm³/mol. The highest BCUT2D eigenvalue weighted by Gasteiger charge is 2.17. The van der Waals surface area contributed by atoms with E-state index in [1.54, 1.807) is 6.92 Å². The molecule has 0 aliphatic heterocycles. The van der Waals surface area contributed by atoms with Crippen LogP contribution in [0.3, 0.4) is 0 Å². The smallest absolute Gasteiger partial charge is 0.134 e. The highest BCUT2D eigenvalue weighted by molar-refractivity contribution is 9.08. The molecule has 0 aliphatic carbocycles. The molecule has 0 nitrogen and oxygen atoms in total. The quantitative estimate of drug-likeness (QED) is 0.708. The molecule has 1 aromatic rings. The Balaban J connectivity index is 3.50. The van der Waals surface area contributed by atoms with Crippen molar-refractivity contribution in [3.8, 4) is 0 Å². The molecule has 1 aromatic carbocycles. The third-order valence-electron chi connectivity index (χ3n) is 2.41. The summed E-state index contributed by atoms with van der Waals surface area (Å²) in [5.74, 6) is -0.743. The third kappa shape index (κ3) is 2.28. The number of allylic oxidation sites excluding steroid dienone is 1. The minimum Gasteiger partial charge on any atom is -0.207 e. The monoisotopic (exact) mass is 274 g/mol. The Labute approximate surface area is 97.1 Å². The molecular formula is C12H13BrF2. The Kier molecular flexibility index (Phi) is 4.03. The van der Waals surface area contributed by atoms with Gasteiger partial charge < -0.3 is 0 Å². The van der Waals surface area contributed by atoms with E-state index in [0.29, 0.717) is 34.0 Å². The summed E-state index contributed by atoms with van der Waals surface area (Å²) in [7, 11) is 0. The molecule has 3 heteroatoms. The summed E-state index contributed by atoms with van der Waals surface area (Å²) in [5, 5.41) is 0.296. The summed E-state index contributed by atoms with van der Waals surface area (Å²) in [5.41, 5.74) is 1.63. The predicted octanol–water partition coefficient (Wildman–Crippen LogP) is 4.59. The van der Waals surface area contributed by atoms with Gasteiger partial charge in [0.25, 0.3) is 0 Å². The molecule has 0 saturated carbocycles. The second-order valence-corrected chi connectivity index (χ2v) is 3.99. The van der Waals surface area contributed by atoms with Crippen LogP contribution >= 0.6 is 15.9 Å². The molecule has 0 aromatic heterocycles. The van der Waals surface area contributed by atoms with Crippen molar-refractivity contribution in [2.75, 3.05) is 0 Å². The van der Waals surface area contributed by atoms with Crippen LogP contribution in [0.4, 0.5) is 8.78 Å². The summed E-state index contributed by atoms with van der Waals surface area (Å²) in [6.45, 7) is 7.20. The van der Waals surface area contributed by atoms with Gasteiger partial charge in [0, 0.05) is 16.5 Å². The Morgan fingerprint density at radius 3 is 2.53 bits per heavy atom. The van der Waals surface area contributed by atoms with Gasteiger partial charge in [0.2, 0.25) is 0 Å². The molecule has 0 N–H and O–H groups in total. The molecule has 0 spiro atoms. The van der Waals surface area contributed by atoms with Gasteiger partial charge in [0.1, 0.15) is 11.6 Å². The lowest BCUT2D eigenvalue weighted by atomic mass is 9.96. The topological polar surface area (TPSA) is 0 Å². The van der Waals surface area contributed by atoms with Gasteiger partial charge in [-0.3, -0.25) is 0 Å². The molecule has 0 unspecified atom stereocenters. The van der Waals surface area contributed by atoms with Crippen molar-refractivity contribution >= 4 is 21.5 Å². The molecule has 0 radical (unpaired) electrons. The summed E-state index contributed by atoms with van der Waals surface area (Å²) < 4.78 is 27.4. The first kappa shape index (κ1) is 12.4. The standard InChI is InChI=1S/C12H13BrF2/c1-4-7(2)11-9(6-13)10(14)5-8(3)12(11)15/h5H,2,4,6H2,1,3H3. The van der Waals surface area contributed by atoms with E-state index in [0.717, 1.165) is 0 Å². The van der Waals surface area contributed by atoms with E-state index in [2.05, 4.69) is 22.5 Å². The first-order valence-electron chi connectivity index (χ1n) is 4.74. The summed E-state index contributed by atoms with van der Waals surface area (Å²) in [6.07, 6.45) is 0.611. The molecule has 0 bridgehead atoms. The van der Waals surface area contributed by atoms with E-state index in [1.165, 1.54) is 6.07 Å². The number of benzene rings is 1. The van der Waals surface area contributed by atoms with Crippen molar-refractivity contribution < 1.29 is 8.78 Å². The largest absolute Gasteiger partial charge is 0.207 e. The van der Waals surface area contributed by atoms with Crippen LogP contribution in [-0.2, 0) is 5.33 Å². The van der Waals surface area contributed by atoms with E-state index in [-0.39, 0.29) is 11.6 Å². The van der Waals surface area contributed by atoms with Crippen LogP contribution in [0.25, 0.3) is 5.57 Å². The van der Waals surface area contributed by atoms with Crippen molar-refractivity contribution in [3.05, 3.63) is 41.0 Å². The lowest BCUT2D eigenvalue weighted by Crippen LogP contribution is -2.01. The fraction of sp³-hybridized carbons (Fsp3) is 0.333. The number of hydrogen-bond acceptors (Lipinski definition) is 0. The van der Waals surface area contributed by atoms with E-state index >= 15 is 0 Å². The zero-order valence-electron chi connectivity index (χ0n) is 8.83. The lowest BCUT2D eigenvalue weighted by molar-refractivity contribution is 0.580. The van der Waals surface area contributed by atoms with Gasteiger partial charge in [-0.15, -0.1) is 0 Å². The number of hydrogen-bond donors (Lipinski definition) is 0. The van der Waals surface area contributed by atoms with Crippen molar-refractivity contribution in [2.45, 2.75) is 25.6 Å². The number of alkyl halides is 1. The minimum absolute atomic E-state index is 0.296. The second kappa shape index (κ2) is 4.88. The number of halogens is 3. The maximum Gasteiger partial charge on any atom is 0.134 e. The fourth-order valence-corrected chi connectivity index (χ4v) is 2.01. The van der Waals surface area contributed by atoms with Gasteiger partial charge in [-0.25, -0.2) is 8.78 Å². The van der Waals surface area contributed by atoms with Crippen LogP contribution in [0.1, 0.15) is 30.0 Å². The molecule has 82 valence electrons. The van der Waals surface area contributed by atoms with Crippen molar-refractivity contribution in [1.82, 2.24) is 0 Å². The number of aryl methyl sites for hydroxylation is 1. The van der Waals surface area contributed by atoms with Gasteiger partial charge in [-0.1, -0.05) is 29.4 Å². The van der Waals surface area contributed by atoms with E-state index in [1.807, 2.05) is 6.92 Å². The van der Waals surface area contributed by atoms with E-state index < -0.39 is 0 Å². The summed E-state index contributed by atoms with van der Waals surface area (Å²) >= 11 is 3.17. The van der Waals surface area contributed by atoms with Gasteiger partial charge in [0.15, 0.2) is 0 Å². The third-order valence-corrected chi connectivity index (χ3v) is 2.97. The van der Waals surface area contributed by atoms with Gasteiger partial charge in [-0.2, -0.15) is 0 Å². The van der Waals surface area contributed by atoms with E-state index in [9.17, 15) is 8.78 Å². The lowest BCUT2D eigenvalue weighted by Gasteiger charge is -2.13. The zero-order valence-corrected chi connectivity index (χ0v) is 10.4. The molecule has 0 heterocycles. The Morgan fingerprint density at radius 2 is 2.07 bits per heavy atom. The van der Waals surface area contributed by atoms with Gasteiger partial charge in [-0.05, 0) is 30.5 Å². The molecule has 0 amide bonds. The SMILES string of the molecule is C=C(CC)c1c(F)c(C)cc(F)c1CBr. The minimum atomic E-state index is -0.379. The maximum absolute atomic E-state index is 13.8. The van der Waals surface area contributed by atoms with Crippen LogP contribution in [-0.4, -0.2) is 0 Å². The first-order valence-corrected chi connectivity index (χ1v) is 5.86. The summed E-state index contributed by atoms with van der Waals surface area (Å²) in [6, 6.07) is 1.22. The summed E-state index contributed by atoms with van der Waals surface area (Å²) in [4.78, 5) is 0. The molecule has 0 aliphatic rings. The Bertz CT molecular complexity index is 397. The van der Waals surface area contributed by atoms with Crippen LogP contribution in [0.15, 0.2) is 12.6 Å². The molecule has 0 atom stereocenters. The normalized spacial score (nSPS) is 10.5. The molecular weight excluding hydrogens is 262 g/mol. The molecule has 1 rings (SSSR count). The highest BCUT2D eigenvalue weighted by atomic mass is 79.9. The second-order valence-electron chi connectivity index (χ2n) is 3.43. The van der Waals surface area contributed by atoms with Crippen molar-refractivity contribution in [3.63, 3.8) is 0 Å². The highest BCUT2D eigenvalue weighted by Crippen LogP contribution is 2.29. The average molecular weight is 275 g/mol. The molecule has 15 heavy (non-hydrogen) atoms. The van der Waals surface area contributed by atoms with Crippen molar-refractivity contribution in [2.24, 2.45) is 0 Å².